The average molecular weight is 212 g/mol. The molecule has 0 heterocycles. The third-order valence-electron chi connectivity index (χ3n) is 2.79. The highest BCUT2D eigenvalue weighted by Crippen LogP contribution is 2.24. The molecule has 0 fully saturated rings. The zero-order chi connectivity index (χ0) is 11.4. The fraction of sp³-hybridized carbons (Fsp3) is 0.200. The van der Waals surface area contributed by atoms with Crippen molar-refractivity contribution in [3.05, 3.63) is 59.7 Å². The molecule has 0 atom stereocenters. The summed E-state index contributed by atoms with van der Waals surface area (Å²) in [4.78, 5) is 0. The van der Waals surface area contributed by atoms with Gasteiger partial charge in [0, 0.05) is 6.61 Å². The molecule has 0 bridgehead atoms. The van der Waals surface area contributed by atoms with E-state index < -0.39 is 0 Å². The third kappa shape index (κ3) is 2.31. The van der Waals surface area contributed by atoms with Crippen molar-refractivity contribution < 1.29 is 5.11 Å². The van der Waals surface area contributed by atoms with Gasteiger partial charge in [0.2, 0.25) is 0 Å². The number of rotatable bonds is 3. The summed E-state index contributed by atoms with van der Waals surface area (Å²) < 4.78 is 0. The lowest BCUT2D eigenvalue weighted by Gasteiger charge is -2.08. The Balaban J connectivity index is 2.43. The fourth-order valence-corrected chi connectivity index (χ4v) is 1.88. The van der Waals surface area contributed by atoms with Crippen LogP contribution in [-0.4, -0.2) is 11.7 Å². The lowest BCUT2D eigenvalue weighted by Crippen LogP contribution is -1.92. The van der Waals surface area contributed by atoms with E-state index in [1.807, 2.05) is 18.2 Å². The lowest BCUT2D eigenvalue weighted by atomic mass is 9.97. The van der Waals surface area contributed by atoms with Gasteiger partial charge in [-0.05, 0) is 35.6 Å². The molecule has 0 spiro atoms. The zero-order valence-corrected chi connectivity index (χ0v) is 9.48. The van der Waals surface area contributed by atoms with E-state index in [-0.39, 0.29) is 6.61 Å². The van der Waals surface area contributed by atoms with Crippen LogP contribution in [0.2, 0.25) is 0 Å². The van der Waals surface area contributed by atoms with E-state index in [9.17, 15) is 0 Å². The summed E-state index contributed by atoms with van der Waals surface area (Å²) in [5.74, 6) is 0. The van der Waals surface area contributed by atoms with Crippen LogP contribution in [0.15, 0.2) is 48.5 Å². The normalized spacial score (nSPS) is 10.4. The molecule has 0 amide bonds. The van der Waals surface area contributed by atoms with Gasteiger partial charge in [0.25, 0.3) is 0 Å². The van der Waals surface area contributed by atoms with Crippen molar-refractivity contribution in [2.45, 2.75) is 13.3 Å². The first-order chi connectivity index (χ1) is 7.81. The second-order valence-electron chi connectivity index (χ2n) is 3.99. The summed E-state index contributed by atoms with van der Waals surface area (Å²) >= 11 is 0. The van der Waals surface area contributed by atoms with Gasteiger partial charge >= 0.3 is 0 Å². The van der Waals surface area contributed by atoms with E-state index in [0.29, 0.717) is 0 Å². The minimum atomic E-state index is 0.206. The Morgan fingerprint density at radius 1 is 1.00 bits per heavy atom. The molecule has 1 N–H and O–H groups in total. The first kappa shape index (κ1) is 10.9. The number of hydrogen-bond donors (Lipinski definition) is 1. The smallest absolute Gasteiger partial charge is 0.0471 e. The van der Waals surface area contributed by atoms with Crippen LogP contribution < -0.4 is 0 Å². The van der Waals surface area contributed by atoms with E-state index in [1.54, 1.807) is 0 Å². The largest absolute Gasteiger partial charge is 0.396 e. The SMILES string of the molecule is Cc1ccc(CCO)cc1-c1ccccc1. The summed E-state index contributed by atoms with van der Waals surface area (Å²) in [6.07, 6.45) is 0.722. The summed E-state index contributed by atoms with van der Waals surface area (Å²) in [7, 11) is 0. The van der Waals surface area contributed by atoms with Gasteiger partial charge in [-0.25, -0.2) is 0 Å². The van der Waals surface area contributed by atoms with E-state index in [4.69, 9.17) is 5.11 Å². The van der Waals surface area contributed by atoms with Gasteiger partial charge in [0.05, 0.1) is 0 Å². The van der Waals surface area contributed by atoms with Gasteiger partial charge in [-0.3, -0.25) is 0 Å². The highest BCUT2D eigenvalue weighted by atomic mass is 16.2. The molecule has 1 heteroatoms. The molecular weight excluding hydrogens is 196 g/mol. The van der Waals surface area contributed by atoms with Crippen molar-refractivity contribution in [1.29, 1.82) is 0 Å². The maximum absolute atomic E-state index is 8.95. The molecule has 0 saturated carbocycles. The molecule has 82 valence electrons. The molecular formula is C15H16O. The Bertz CT molecular complexity index is 460. The second kappa shape index (κ2) is 4.95. The predicted molar refractivity (Wildman–Crippen MR) is 67.4 cm³/mol. The molecule has 1 nitrogen and oxygen atoms in total. The van der Waals surface area contributed by atoms with Crippen LogP contribution in [0.4, 0.5) is 0 Å². The maximum atomic E-state index is 8.95. The lowest BCUT2D eigenvalue weighted by molar-refractivity contribution is 0.299. The summed E-state index contributed by atoms with van der Waals surface area (Å²) in [5.41, 5.74) is 4.95. The highest BCUT2D eigenvalue weighted by molar-refractivity contribution is 5.67. The van der Waals surface area contributed by atoms with E-state index in [2.05, 4.69) is 37.3 Å². The van der Waals surface area contributed by atoms with Crippen molar-refractivity contribution in [3.63, 3.8) is 0 Å². The standard InChI is InChI=1S/C15H16O/c1-12-7-8-13(9-10-16)11-15(12)14-5-3-2-4-6-14/h2-8,11,16H,9-10H2,1H3. The van der Waals surface area contributed by atoms with Gasteiger partial charge in [0.15, 0.2) is 0 Å². The monoisotopic (exact) mass is 212 g/mol. The van der Waals surface area contributed by atoms with Gasteiger partial charge in [0.1, 0.15) is 0 Å². The molecule has 0 radical (unpaired) electrons. The third-order valence-corrected chi connectivity index (χ3v) is 2.79. The van der Waals surface area contributed by atoms with E-state index >= 15 is 0 Å². The van der Waals surface area contributed by atoms with Crippen molar-refractivity contribution in [1.82, 2.24) is 0 Å². The van der Waals surface area contributed by atoms with Crippen LogP contribution in [0.5, 0.6) is 0 Å². The summed E-state index contributed by atoms with van der Waals surface area (Å²) in [5, 5.41) is 8.95. The highest BCUT2D eigenvalue weighted by Gasteiger charge is 2.02. The zero-order valence-electron chi connectivity index (χ0n) is 9.48. The number of aliphatic hydroxyl groups is 1. The van der Waals surface area contributed by atoms with Gasteiger partial charge in [-0.2, -0.15) is 0 Å². The Morgan fingerprint density at radius 3 is 2.44 bits per heavy atom. The van der Waals surface area contributed by atoms with Crippen molar-refractivity contribution in [3.8, 4) is 11.1 Å². The minimum absolute atomic E-state index is 0.206. The van der Waals surface area contributed by atoms with Crippen LogP contribution >= 0.6 is 0 Å². The maximum Gasteiger partial charge on any atom is 0.0471 e. The topological polar surface area (TPSA) is 20.2 Å². The predicted octanol–water partition coefficient (Wildman–Crippen LogP) is 3.20. The van der Waals surface area contributed by atoms with Gasteiger partial charge in [-0.1, -0.05) is 48.5 Å². The Labute approximate surface area is 96.4 Å². The molecule has 16 heavy (non-hydrogen) atoms. The Kier molecular flexibility index (Phi) is 3.37. The Morgan fingerprint density at radius 2 is 1.75 bits per heavy atom. The minimum Gasteiger partial charge on any atom is -0.396 e. The fourth-order valence-electron chi connectivity index (χ4n) is 1.88. The molecule has 0 aliphatic carbocycles. The quantitative estimate of drug-likeness (QED) is 0.828. The number of aryl methyl sites for hydroxylation is 1. The molecule has 0 aromatic heterocycles. The van der Waals surface area contributed by atoms with Gasteiger partial charge in [-0.15, -0.1) is 0 Å². The van der Waals surface area contributed by atoms with Crippen LogP contribution in [0.1, 0.15) is 11.1 Å². The van der Waals surface area contributed by atoms with Crippen molar-refractivity contribution in [2.75, 3.05) is 6.61 Å². The second-order valence-corrected chi connectivity index (χ2v) is 3.99. The number of hydrogen-bond acceptors (Lipinski definition) is 1. The molecule has 2 aromatic carbocycles. The average Bonchev–Trinajstić information content (AvgIpc) is 2.33. The number of aliphatic hydroxyl groups excluding tert-OH is 1. The summed E-state index contributed by atoms with van der Waals surface area (Å²) in [6, 6.07) is 16.7. The first-order valence-electron chi connectivity index (χ1n) is 5.57. The van der Waals surface area contributed by atoms with Crippen molar-refractivity contribution in [2.24, 2.45) is 0 Å². The molecule has 0 aliphatic heterocycles. The van der Waals surface area contributed by atoms with Crippen LogP contribution in [0, 0.1) is 6.92 Å². The molecule has 2 rings (SSSR count). The summed E-state index contributed by atoms with van der Waals surface area (Å²) in [6.45, 7) is 2.32. The molecule has 0 saturated heterocycles. The molecule has 2 aromatic rings. The van der Waals surface area contributed by atoms with Gasteiger partial charge < -0.3 is 5.11 Å². The Hall–Kier alpha value is -1.60. The van der Waals surface area contributed by atoms with Crippen LogP contribution in [0.3, 0.4) is 0 Å². The molecule has 0 aliphatic rings. The van der Waals surface area contributed by atoms with E-state index in [0.717, 1.165) is 6.42 Å². The van der Waals surface area contributed by atoms with Crippen LogP contribution in [-0.2, 0) is 6.42 Å². The molecule has 0 unspecified atom stereocenters. The van der Waals surface area contributed by atoms with E-state index in [1.165, 1.54) is 22.3 Å². The number of benzene rings is 2. The van der Waals surface area contributed by atoms with Crippen LogP contribution in [0.25, 0.3) is 11.1 Å². The van der Waals surface area contributed by atoms with Crippen molar-refractivity contribution >= 4 is 0 Å². The first-order valence-corrected chi connectivity index (χ1v) is 5.57.